The van der Waals surface area contributed by atoms with Crippen LogP contribution in [-0.2, 0) is 22.6 Å². The highest BCUT2D eigenvalue weighted by molar-refractivity contribution is 5.79. The Morgan fingerprint density at radius 3 is 2.48 bits per heavy atom. The van der Waals surface area contributed by atoms with Gasteiger partial charge in [-0.1, -0.05) is 49.7 Å². The number of hydrogen-bond donors (Lipinski definition) is 1. The van der Waals surface area contributed by atoms with E-state index in [4.69, 9.17) is 9.47 Å². The van der Waals surface area contributed by atoms with Crippen LogP contribution in [0.1, 0.15) is 42.5 Å². The van der Waals surface area contributed by atoms with Crippen molar-refractivity contribution in [1.29, 1.82) is 0 Å². The summed E-state index contributed by atoms with van der Waals surface area (Å²) in [5.74, 6) is 0.755. The molecule has 2 rings (SSSR count). The third-order valence-electron chi connectivity index (χ3n) is 4.14. The number of rotatable bonds is 10. The molecule has 5 nitrogen and oxygen atoms in total. The molecule has 0 fully saturated rings. The average Bonchev–Trinajstić information content (AvgIpc) is 2.79. The van der Waals surface area contributed by atoms with Crippen LogP contribution in [0.3, 0.4) is 0 Å². The minimum absolute atomic E-state index is 0.0755. The number of carbonyl (C=O) groups excluding carboxylic acids is 1. The van der Waals surface area contributed by atoms with Crippen LogP contribution in [0.2, 0.25) is 0 Å². The van der Waals surface area contributed by atoms with Gasteiger partial charge in [0.25, 0.3) is 0 Å². The summed E-state index contributed by atoms with van der Waals surface area (Å²) < 4.78 is 10.6. The number of ether oxygens (including phenoxy) is 2. The maximum Gasteiger partial charge on any atom is 0.241 e. The summed E-state index contributed by atoms with van der Waals surface area (Å²) >= 11 is 0. The van der Waals surface area contributed by atoms with E-state index < -0.39 is 0 Å². The predicted molar refractivity (Wildman–Crippen MR) is 130 cm³/mol. The zero-order valence-corrected chi connectivity index (χ0v) is 19.5. The Labute approximate surface area is 187 Å². The van der Waals surface area contributed by atoms with Crippen LogP contribution in [0, 0.1) is 26.7 Å². The van der Waals surface area contributed by atoms with E-state index in [1.807, 2.05) is 39.0 Å². The highest BCUT2D eigenvalue weighted by Gasteiger charge is 2.01. The van der Waals surface area contributed by atoms with Gasteiger partial charge in [0.1, 0.15) is 18.9 Å². The highest BCUT2D eigenvalue weighted by Crippen LogP contribution is 2.18. The molecule has 0 spiro atoms. The van der Waals surface area contributed by atoms with Gasteiger partial charge in [-0.15, -0.1) is 12.8 Å². The molecule has 0 saturated carbocycles. The fourth-order valence-electron chi connectivity index (χ4n) is 2.78. The molecular weight excluding hydrogens is 388 g/mol. The number of nitrogens with one attached hydrogen (secondary N) is 1. The van der Waals surface area contributed by atoms with Crippen molar-refractivity contribution in [2.24, 2.45) is 4.99 Å². The van der Waals surface area contributed by atoms with Crippen molar-refractivity contribution < 1.29 is 14.3 Å². The minimum atomic E-state index is -0.0978. The largest absolute Gasteiger partial charge is 0.496 e. The van der Waals surface area contributed by atoms with Crippen LogP contribution in [0.4, 0.5) is 0 Å². The first-order valence-corrected chi connectivity index (χ1v) is 10.5. The number of amides is 1. The van der Waals surface area contributed by atoms with Crippen LogP contribution in [0.25, 0.3) is 0 Å². The number of aliphatic imine (C=N–C) groups is 1. The van der Waals surface area contributed by atoms with Crippen LogP contribution in [0.15, 0.2) is 47.5 Å². The van der Waals surface area contributed by atoms with Crippen LogP contribution in [0.5, 0.6) is 5.75 Å². The summed E-state index contributed by atoms with van der Waals surface area (Å²) in [5.41, 5.74) is 4.64. The number of nitrogens with zero attached hydrogens (tertiary/aromatic N) is 1. The quantitative estimate of drug-likeness (QED) is 0.256. The lowest BCUT2D eigenvalue weighted by molar-refractivity contribution is -0.119. The number of aryl methyl sites for hydroxylation is 3. The Hall–Kier alpha value is -3.26. The maximum absolute atomic E-state index is 11.8. The molecule has 0 atom stereocenters. The van der Waals surface area contributed by atoms with Gasteiger partial charge in [0.05, 0.1) is 7.11 Å². The van der Waals surface area contributed by atoms with Crippen molar-refractivity contribution in [3.63, 3.8) is 0 Å². The Morgan fingerprint density at radius 1 is 1.10 bits per heavy atom. The van der Waals surface area contributed by atoms with E-state index in [0.717, 1.165) is 29.7 Å². The van der Waals surface area contributed by atoms with E-state index in [1.54, 1.807) is 7.11 Å². The summed E-state index contributed by atoms with van der Waals surface area (Å²) in [6.07, 6.45) is 11.2. The van der Waals surface area contributed by atoms with Gasteiger partial charge < -0.3 is 14.8 Å². The number of carbonyl (C=O) groups is 1. The summed E-state index contributed by atoms with van der Waals surface area (Å²) in [7, 11) is 1.65. The van der Waals surface area contributed by atoms with E-state index in [-0.39, 0.29) is 12.5 Å². The summed E-state index contributed by atoms with van der Waals surface area (Å²) in [5, 5.41) is 2.87. The summed E-state index contributed by atoms with van der Waals surface area (Å²) in [6.45, 7) is 9.20. The molecule has 2 aromatic carbocycles. The first-order valence-electron chi connectivity index (χ1n) is 10.5. The first kappa shape index (κ1) is 27.7. The second-order valence-corrected chi connectivity index (χ2v) is 6.50. The second kappa shape index (κ2) is 17.6. The molecule has 0 saturated heterocycles. The first-order chi connectivity index (χ1) is 15.1. The van der Waals surface area contributed by atoms with Crippen molar-refractivity contribution in [3.8, 4) is 18.6 Å². The molecule has 5 heteroatoms. The van der Waals surface area contributed by atoms with E-state index in [0.29, 0.717) is 13.2 Å². The smallest absolute Gasteiger partial charge is 0.241 e. The van der Waals surface area contributed by atoms with Gasteiger partial charge in [0.2, 0.25) is 5.91 Å². The highest BCUT2D eigenvalue weighted by atomic mass is 16.5. The van der Waals surface area contributed by atoms with Crippen molar-refractivity contribution in [2.45, 2.75) is 47.1 Å². The summed E-state index contributed by atoms with van der Waals surface area (Å²) in [4.78, 5) is 15.8. The third kappa shape index (κ3) is 12.1. The zero-order valence-electron chi connectivity index (χ0n) is 19.5. The Balaban J connectivity index is 0.00000212. The van der Waals surface area contributed by atoms with Crippen molar-refractivity contribution in [2.75, 3.05) is 20.2 Å². The molecule has 0 aliphatic carbocycles. The van der Waals surface area contributed by atoms with Gasteiger partial charge in [-0.2, -0.15) is 0 Å². The molecule has 0 radical (unpaired) electrons. The van der Waals surface area contributed by atoms with Gasteiger partial charge >= 0.3 is 0 Å². The van der Waals surface area contributed by atoms with Crippen molar-refractivity contribution >= 4 is 12.3 Å². The molecule has 0 aromatic heterocycles. The average molecular weight is 425 g/mol. The second-order valence-electron chi connectivity index (χ2n) is 6.50. The fraction of sp³-hybridized carbons (Fsp3) is 0.385. The van der Waals surface area contributed by atoms with Crippen LogP contribution in [-0.4, -0.2) is 32.5 Å². The van der Waals surface area contributed by atoms with E-state index >= 15 is 0 Å². The molecule has 0 aliphatic heterocycles. The topological polar surface area (TPSA) is 59.9 Å². The van der Waals surface area contributed by atoms with Gasteiger partial charge in [0, 0.05) is 6.54 Å². The molecule has 0 heterocycles. The third-order valence-corrected chi connectivity index (χ3v) is 4.14. The Bertz CT molecular complexity index is 813. The lowest BCUT2D eigenvalue weighted by Crippen LogP contribution is -2.27. The maximum atomic E-state index is 11.8. The molecule has 0 aliphatic rings. The lowest BCUT2D eigenvalue weighted by atomic mass is 10.1. The molecule has 31 heavy (non-hydrogen) atoms. The monoisotopic (exact) mass is 424 g/mol. The predicted octanol–water partition coefficient (Wildman–Crippen LogP) is 4.88. The van der Waals surface area contributed by atoms with E-state index in [1.165, 1.54) is 17.5 Å². The molecule has 0 unspecified atom stereocenters. The standard InChI is InChI=1S/C22H28N2O3.C2H6.C2H2/c1-17-6-4-7-19(12-17)8-5-11-24-22(25)14-23-16-27-15-20-9-10-21(26-3)18(2)13-20;2*1-2/h4,6-7,9-10,12-13,16H,5,8,11,14-15H2,1-3H3,(H,24,25);1-2H3;1-2H. The number of hydrogen-bond acceptors (Lipinski definition) is 4. The Morgan fingerprint density at radius 2 is 1.84 bits per heavy atom. The molecular formula is C26H36N2O3. The SMILES string of the molecule is C#C.CC.COc1ccc(COC=NCC(=O)NCCCc2cccc(C)c2)cc1C. The summed E-state index contributed by atoms with van der Waals surface area (Å²) in [6, 6.07) is 14.3. The van der Waals surface area contributed by atoms with Gasteiger partial charge in [0.15, 0.2) is 6.40 Å². The Kier molecular flexibility index (Phi) is 15.7. The number of benzene rings is 2. The molecule has 0 bridgehead atoms. The lowest BCUT2D eigenvalue weighted by Gasteiger charge is -2.07. The van der Waals surface area contributed by atoms with Crippen molar-refractivity contribution in [3.05, 3.63) is 64.7 Å². The van der Waals surface area contributed by atoms with E-state index in [2.05, 4.69) is 54.3 Å². The van der Waals surface area contributed by atoms with Crippen LogP contribution >= 0.6 is 0 Å². The fourth-order valence-corrected chi connectivity index (χ4v) is 2.78. The number of terminal acetylenes is 1. The molecule has 1 amide bonds. The van der Waals surface area contributed by atoms with Gasteiger partial charge in [-0.25, -0.2) is 4.99 Å². The molecule has 2 aromatic rings. The normalized spacial score (nSPS) is 9.65. The zero-order chi connectivity index (χ0) is 23.5. The van der Waals surface area contributed by atoms with E-state index in [9.17, 15) is 4.79 Å². The molecule has 168 valence electrons. The van der Waals surface area contributed by atoms with Gasteiger partial charge in [-0.05, 0) is 55.5 Å². The van der Waals surface area contributed by atoms with Gasteiger partial charge in [-0.3, -0.25) is 4.79 Å². The van der Waals surface area contributed by atoms with Crippen LogP contribution < -0.4 is 10.1 Å². The molecule has 1 N–H and O–H groups in total. The number of methoxy groups -OCH3 is 1. The van der Waals surface area contributed by atoms with Crippen molar-refractivity contribution in [1.82, 2.24) is 5.32 Å². The minimum Gasteiger partial charge on any atom is -0.496 e.